The van der Waals surface area contributed by atoms with Gasteiger partial charge in [-0.1, -0.05) is 42.7 Å². The van der Waals surface area contributed by atoms with Gasteiger partial charge >= 0.3 is 0 Å². The van der Waals surface area contributed by atoms with Crippen molar-refractivity contribution in [2.75, 3.05) is 31.9 Å². The van der Waals surface area contributed by atoms with Crippen molar-refractivity contribution in [1.82, 2.24) is 9.80 Å². The highest BCUT2D eigenvalue weighted by Crippen LogP contribution is 2.33. The molecule has 2 saturated heterocycles. The predicted molar refractivity (Wildman–Crippen MR) is 96.3 cm³/mol. The number of carbonyl (C=O) groups is 1. The van der Waals surface area contributed by atoms with Crippen LogP contribution in [0.15, 0.2) is 30.3 Å². The molecule has 3 rings (SSSR count). The molecule has 0 aliphatic carbocycles. The minimum absolute atomic E-state index is 0.0145. The van der Waals surface area contributed by atoms with E-state index in [1.54, 1.807) is 0 Å². The highest BCUT2D eigenvalue weighted by atomic mass is 32.2. The Hall–Kier alpha value is -1.44. The number of piperidine rings is 1. The highest BCUT2D eigenvalue weighted by Gasteiger charge is 2.34. The molecule has 0 saturated carbocycles. The lowest BCUT2D eigenvalue weighted by molar-refractivity contribution is -0.137. The summed E-state index contributed by atoms with van der Waals surface area (Å²) < 4.78 is 0. The summed E-state index contributed by atoms with van der Waals surface area (Å²) in [5.74, 6) is 4.00. The largest absolute Gasteiger partial charge is 0.339 e. The second kappa shape index (κ2) is 7.90. The molecular formula is C19H24N2OS. The molecule has 2 fully saturated rings. The molecule has 0 unspecified atom stereocenters. The van der Waals surface area contributed by atoms with Crippen LogP contribution in [0.25, 0.3) is 0 Å². The van der Waals surface area contributed by atoms with Crippen LogP contribution in [0.2, 0.25) is 0 Å². The van der Waals surface area contributed by atoms with Crippen molar-refractivity contribution in [3.05, 3.63) is 35.9 Å². The van der Waals surface area contributed by atoms with Crippen molar-refractivity contribution in [1.29, 1.82) is 0 Å². The lowest BCUT2D eigenvalue weighted by atomic mass is 10.0. The first-order valence-corrected chi connectivity index (χ1v) is 9.47. The molecule has 2 aliphatic rings. The number of amides is 1. The number of carbonyl (C=O) groups excluding carboxylic acids is 1. The predicted octanol–water partition coefficient (Wildman–Crippen LogP) is 2.79. The topological polar surface area (TPSA) is 23.6 Å². The van der Waals surface area contributed by atoms with E-state index in [-0.39, 0.29) is 11.9 Å². The van der Waals surface area contributed by atoms with Gasteiger partial charge in [-0.2, -0.15) is 11.8 Å². The molecular weight excluding hydrogens is 304 g/mol. The molecule has 0 bridgehead atoms. The summed E-state index contributed by atoms with van der Waals surface area (Å²) in [6.45, 7) is 3.20. The molecule has 4 heteroatoms. The summed E-state index contributed by atoms with van der Waals surface area (Å²) in [5, 5.41) is 0.388. The Kier molecular flexibility index (Phi) is 5.64. The van der Waals surface area contributed by atoms with Crippen LogP contribution < -0.4 is 0 Å². The maximum Gasteiger partial charge on any atom is 0.240 e. The molecule has 0 N–H and O–H groups in total. The molecule has 3 nitrogen and oxygen atoms in total. The fourth-order valence-electron chi connectivity index (χ4n) is 3.51. The van der Waals surface area contributed by atoms with E-state index in [4.69, 9.17) is 6.42 Å². The number of nitrogens with zero attached hydrogens (tertiary/aromatic N) is 2. The number of likely N-dealkylation sites (tertiary alicyclic amines) is 1. The number of terminal acetylenes is 1. The highest BCUT2D eigenvalue weighted by molar-refractivity contribution is 7.99. The molecule has 1 aromatic carbocycles. The summed E-state index contributed by atoms with van der Waals surface area (Å²) >= 11 is 1.96. The Morgan fingerprint density at radius 3 is 2.87 bits per heavy atom. The van der Waals surface area contributed by atoms with Crippen LogP contribution in [0.3, 0.4) is 0 Å². The van der Waals surface area contributed by atoms with Gasteiger partial charge in [0.05, 0.1) is 12.6 Å². The van der Waals surface area contributed by atoms with Crippen LogP contribution in [0.1, 0.15) is 30.1 Å². The monoisotopic (exact) mass is 328 g/mol. The fraction of sp³-hybridized carbons (Fsp3) is 0.526. The second-order valence-corrected chi connectivity index (χ2v) is 7.55. The molecule has 1 amide bonds. The first-order chi connectivity index (χ1) is 11.3. The van der Waals surface area contributed by atoms with E-state index in [2.05, 4.69) is 40.0 Å². The molecule has 23 heavy (non-hydrogen) atoms. The summed E-state index contributed by atoms with van der Waals surface area (Å²) in [4.78, 5) is 17.3. The minimum Gasteiger partial charge on any atom is -0.339 e. The molecule has 0 radical (unpaired) electrons. The zero-order valence-electron chi connectivity index (χ0n) is 13.5. The van der Waals surface area contributed by atoms with Crippen LogP contribution in [0, 0.1) is 12.3 Å². The number of thioether (sulfide) groups is 1. The van der Waals surface area contributed by atoms with Gasteiger partial charge in [0, 0.05) is 24.1 Å². The summed E-state index contributed by atoms with van der Waals surface area (Å²) in [6, 6.07) is 10.5. The van der Waals surface area contributed by atoms with E-state index in [1.165, 1.54) is 5.56 Å². The quantitative estimate of drug-likeness (QED) is 0.797. The normalized spacial score (nSPS) is 25.8. The molecule has 2 heterocycles. The average molecular weight is 328 g/mol. The number of benzene rings is 1. The van der Waals surface area contributed by atoms with Gasteiger partial charge in [0.25, 0.3) is 0 Å². The summed E-state index contributed by atoms with van der Waals surface area (Å²) in [6.07, 6.45) is 8.70. The van der Waals surface area contributed by atoms with Crippen LogP contribution in [0.5, 0.6) is 0 Å². The Balaban J connectivity index is 1.68. The summed E-state index contributed by atoms with van der Waals surface area (Å²) in [7, 11) is 0. The Morgan fingerprint density at radius 1 is 1.26 bits per heavy atom. The van der Waals surface area contributed by atoms with E-state index in [9.17, 15) is 4.79 Å². The van der Waals surface area contributed by atoms with Gasteiger partial charge in [-0.25, -0.2) is 0 Å². The second-order valence-electron chi connectivity index (χ2n) is 6.24. The lowest BCUT2D eigenvalue weighted by Gasteiger charge is -2.39. The van der Waals surface area contributed by atoms with Crippen molar-refractivity contribution in [3.8, 4) is 12.3 Å². The first-order valence-electron chi connectivity index (χ1n) is 8.42. The average Bonchev–Trinajstić information content (AvgIpc) is 2.63. The standard InChI is InChI=1S/C19H24N2OS/c1-2-11-20-12-7-6-10-17(20)19(22)21-13-14-23-18(15-21)16-8-4-3-5-9-16/h1,3-5,8-9,17-18H,6-7,10-15H2/t17-,18-/m0/s1. The smallest absolute Gasteiger partial charge is 0.240 e. The first kappa shape index (κ1) is 16.4. The lowest BCUT2D eigenvalue weighted by Crippen LogP contribution is -2.53. The maximum absolute atomic E-state index is 13.0. The van der Waals surface area contributed by atoms with Gasteiger partial charge in [-0.3, -0.25) is 9.69 Å². The van der Waals surface area contributed by atoms with E-state index in [0.717, 1.165) is 44.6 Å². The van der Waals surface area contributed by atoms with Gasteiger partial charge in [-0.15, -0.1) is 6.42 Å². The van der Waals surface area contributed by atoms with Gasteiger partial charge in [0.2, 0.25) is 5.91 Å². The third-order valence-electron chi connectivity index (χ3n) is 4.74. The van der Waals surface area contributed by atoms with Gasteiger partial charge in [0.15, 0.2) is 0 Å². The maximum atomic E-state index is 13.0. The Morgan fingerprint density at radius 2 is 2.09 bits per heavy atom. The Bertz CT molecular complexity index is 568. The number of hydrogen-bond acceptors (Lipinski definition) is 3. The van der Waals surface area contributed by atoms with Gasteiger partial charge < -0.3 is 4.90 Å². The van der Waals surface area contributed by atoms with Crippen molar-refractivity contribution in [2.24, 2.45) is 0 Å². The van der Waals surface area contributed by atoms with Crippen LogP contribution in [0.4, 0.5) is 0 Å². The fourth-order valence-corrected chi connectivity index (χ4v) is 4.75. The SMILES string of the molecule is C#CCN1CCCC[C@H]1C(=O)N1CCS[C@H](c2ccccc2)C1. The molecule has 2 atom stereocenters. The van der Waals surface area contributed by atoms with Crippen molar-refractivity contribution in [3.63, 3.8) is 0 Å². The third kappa shape index (κ3) is 3.91. The van der Waals surface area contributed by atoms with Crippen LogP contribution in [-0.4, -0.2) is 53.7 Å². The molecule has 1 aromatic rings. The van der Waals surface area contributed by atoms with E-state index in [0.29, 0.717) is 11.8 Å². The molecule has 0 aromatic heterocycles. The van der Waals surface area contributed by atoms with Crippen molar-refractivity contribution in [2.45, 2.75) is 30.6 Å². The zero-order valence-corrected chi connectivity index (χ0v) is 14.3. The van der Waals surface area contributed by atoms with Crippen molar-refractivity contribution < 1.29 is 4.79 Å². The number of hydrogen-bond donors (Lipinski definition) is 0. The molecule has 0 spiro atoms. The third-order valence-corrected chi connectivity index (χ3v) is 5.98. The minimum atomic E-state index is -0.0145. The Labute approximate surface area is 143 Å². The zero-order chi connectivity index (χ0) is 16.1. The van der Waals surface area contributed by atoms with Crippen LogP contribution >= 0.6 is 11.8 Å². The summed E-state index contributed by atoms with van der Waals surface area (Å²) in [5.41, 5.74) is 1.32. The van der Waals surface area contributed by atoms with Gasteiger partial charge in [0.1, 0.15) is 0 Å². The van der Waals surface area contributed by atoms with E-state index < -0.39 is 0 Å². The number of rotatable bonds is 3. The van der Waals surface area contributed by atoms with Crippen LogP contribution in [-0.2, 0) is 4.79 Å². The van der Waals surface area contributed by atoms with Crippen molar-refractivity contribution >= 4 is 17.7 Å². The molecule has 2 aliphatic heterocycles. The molecule has 122 valence electrons. The van der Waals surface area contributed by atoms with E-state index in [1.807, 2.05) is 17.8 Å². The van der Waals surface area contributed by atoms with Gasteiger partial charge in [-0.05, 0) is 24.9 Å². The van der Waals surface area contributed by atoms with E-state index >= 15 is 0 Å².